The molecular formula is C10H13ClN2O. The summed E-state index contributed by atoms with van der Waals surface area (Å²) < 4.78 is 5.68. The molecule has 1 aliphatic rings. The van der Waals surface area contributed by atoms with Gasteiger partial charge in [0.25, 0.3) is 0 Å². The summed E-state index contributed by atoms with van der Waals surface area (Å²) in [6.45, 7) is 2.64. The SMILES string of the molecule is Clc1ccc(CO[C@H]2CCNC2)cn1. The lowest BCUT2D eigenvalue weighted by Gasteiger charge is -2.09. The van der Waals surface area contributed by atoms with Crippen molar-refractivity contribution in [2.24, 2.45) is 0 Å². The van der Waals surface area contributed by atoms with E-state index in [2.05, 4.69) is 10.3 Å². The monoisotopic (exact) mass is 212 g/mol. The van der Waals surface area contributed by atoms with Crippen molar-refractivity contribution in [1.82, 2.24) is 10.3 Å². The van der Waals surface area contributed by atoms with E-state index in [-0.39, 0.29) is 0 Å². The number of rotatable bonds is 3. The summed E-state index contributed by atoms with van der Waals surface area (Å²) in [4.78, 5) is 3.99. The number of halogens is 1. The van der Waals surface area contributed by atoms with Gasteiger partial charge in [-0.1, -0.05) is 17.7 Å². The zero-order valence-corrected chi connectivity index (χ0v) is 8.63. The summed E-state index contributed by atoms with van der Waals surface area (Å²) in [5, 5.41) is 3.78. The number of ether oxygens (including phenoxy) is 1. The predicted molar refractivity (Wildman–Crippen MR) is 55.3 cm³/mol. The lowest BCUT2D eigenvalue weighted by atomic mass is 10.3. The first-order valence-electron chi connectivity index (χ1n) is 4.77. The minimum Gasteiger partial charge on any atom is -0.372 e. The van der Waals surface area contributed by atoms with Crippen LogP contribution in [0.2, 0.25) is 5.15 Å². The molecule has 0 saturated carbocycles. The van der Waals surface area contributed by atoms with Crippen molar-refractivity contribution >= 4 is 11.6 Å². The first kappa shape index (κ1) is 9.90. The molecule has 1 aliphatic heterocycles. The van der Waals surface area contributed by atoms with E-state index in [0.29, 0.717) is 17.9 Å². The van der Waals surface area contributed by atoms with E-state index in [9.17, 15) is 0 Å². The third-order valence-electron chi connectivity index (χ3n) is 2.29. The highest BCUT2D eigenvalue weighted by Gasteiger charge is 2.14. The van der Waals surface area contributed by atoms with Gasteiger partial charge in [0.05, 0.1) is 12.7 Å². The van der Waals surface area contributed by atoms with Crippen molar-refractivity contribution in [3.63, 3.8) is 0 Å². The van der Waals surface area contributed by atoms with E-state index in [0.717, 1.165) is 25.1 Å². The molecule has 2 rings (SSSR count). The van der Waals surface area contributed by atoms with Gasteiger partial charge in [-0.15, -0.1) is 0 Å². The van der Waals surface area contributed by atoms with E-state index in [1.54, 1.807) is 12.3 Å². The molecule has 1 aromatic heterocycles. The van der Waals surface area contributed by atoms with Crippen molar-refractivity contribution in [3.8, 4) is 0 Å². The first-order chi connectivity index (χ1) is 6.84. The fourth-order valence-electron chi connectivity index (χ4n) is 1.48. The number of nitrogens with zero attached hydrogens (tertiary/aromatic N) is 1. The van der Waals surface area contributed by atoms with E-state index in [4.69, 9.17) is 16.3 Å². The molecule has 2 heterocycles. The summed E-state index contributed by atoms with van der Waals surface area (Å²) in [5.41, 5.74) is 1.07. The second-order valence-corrected chi connectivity index (χ2v) is 3.80. The maximum Gasteiger partial charge on any atom is 0.129 e. The number of pyridine rings is 1. The Kier molecular flexibility index (Phi) is 3.35. The van der Waals surface area contributed by atoms with Crippen LogP contribution in [0.1, 0.15) is 12.0 Å². The Hall–Kier alpha value is -0.640. The topological polar surface area (TPSA) is 34.1 Å². The van der Waals surface area contributed by atoms with Crippen LogP contribution in [0.25, 0.3) is 0 Å². The van der Waals surface area contributed by atoms with E-state index in [1.165, 1.54) is 0 Å². The third kappa shape index (κ3) is 2.67. The molecule has 0 unspecified atom stereocenters. The Morgan fingerprint density at radius 3 is 3.14 bits per heavy atom. The van der Waals surface area contributed by atoms with Crippen molar-refractivity contribution < 1.29 is 4.74 Å². The molecule has 1 fully saturated rings. The third-order valence-corrected chi connectivity index (χ3v) is 2.51. The Morgan fingerprint density at radius 1 is 1.57 bits per heavy atom. The van der Waals surface area contributed by atoms with Crippen LogP contribution in [0.5, 0.6) is 0 Å². The van der Waals surface area contributed by atoms with Crippen LogP contribution in [-0.2, 0) is 11.3 Å². The Morgan fingerprint density at radius 2 is 2.50 bits per heavy atom. The first-order valence-corrected chi connectivity index (χ1v) is 5.15. The molecule has 3 nitrogen and oxygen atoms in total. The van der Waals surface area contributed by atoms with Crippen LogP contribution in [-0.4, -0.2) is 24.2 Å². The van der Waals surface area contributed by atoms with Gasteiger partial charge >= 0.3 is 0 Å². The Bertz CT molecular complexity index is 283. The molecule has 1 saturated heterocycles. The minimum absolute atomic E-state index is 0.352. The van der Waals surface area contributed by atoms with Gasteiger partial charge in [-0.3, -0.25) is 0 Å². The minimum atomic E-state index is 0.352. The highest BCUT2D eigenvalue weighted by molar-refractivity contribution is 6.29. The second kappa shape index (κ2) is 4.73. The summed E-state index contributed by atoms with van der Waals surface area (Å²) in [6.07, 6.45) is 3.21. The molecule has 1 N–H and O–H groups in total. The average molecular weight is 213 g/mol. The molecule has 0 aromatic carbocycles. The second-order valence-electron chi connectivity index (χ2n) is 3.41. The fourth-order valence-corrected chi connectivity index (χ4v) is 1.59. The van der Waals surface area contributed by atoms with Crippen LogP contribution in [0, 0.1) is 0 Å². The van der Waals surface area contributed by atoms with Gasteiger partial charge in [-0.05, 0) is 24.6 Å². The molecule has 1 aromatic rings. The van der Waals surface area contributed by atoms with Crippen molar-refractivity contribution in [1.29, 1.82) is 0 Å². The standard InChI is InChI=1S/C10H13ClN2O/c11-10-2-1-8(5-13-10)7-14-9-3-4-12-6-9/h1-2,5,9,12H,3-4,6-7H2/t9-/m0/s1. The number of nitrogens with one attached hydrogen (secondary N) is 1. The van der Waals surface area contributed by atoms with Gasteiger partial charge in [-0.2, -0.15) is 0 Å². The molecule has 1 atom stereocenters. The molecule has 0 bridgehead atoms. The highest BCUT2D eigenvalue weighted by Crippen LogP contribution is 2.09. The van der Waals surface area contributed by atoms with Gasteiger partial charge in [0.15, 0.2) is 0 Å². The Balaban J connectivity index is 1.82. The molecule has 0 aliphatic carbocycles. The maximum absolute atomic E-state index is 5.68. The summed E-state index contributed by atoms with van der Waals surface area (Å²) >= 11 is 5.68. The van der Waals surface area contributed by atoms with Gasteiger partial charge in [0, 0.05) is 12.7 Å². The zero-order chi connectivity index (χ0) is 9.80. The molecular weight excluding hydrogens is 200 g/mol. The number of aromatic nitrogens is 1. The largest absolute Gasteiger partial charge is 0.372 e. The summed E-state index contributed by atoms with van der Waals surface area (Å²) in [5.74, 6) is 0. The van der Waals surface area contributed by atoms with Crippen LogP contribution in [0.3, 0.4) is 0 Å². The van der Waals surface area contributed by atoms with Crippen LogP contribution >= 0.6 is 11.6 Å². The van der Waals surface area contributed by atoms with Crippen molar-refractivity contribution in [2.75, 3.05) is 13.1 Å². The van der Waals surface area contributed by atoms with Gasteiger partial charge in [0.1, 0.15) is 5.15 Å². The quantitative estimate of drug-likeness (QED) is 0.774. The van der Waals surface area contributed by atoms with Gasteiger partial charge in [0.2, 0.25) is 0 Å². The molecule has 0 radical (unpaired) electrons. The number of hydrogen-bond acceptors (Lipinski definition) is 3. The van der Waals surface area contributed by atoms with Crippen molar-refractivity contribution in [3.05, 3.63) is 29.0 Å². The van der Waals surface area contributed by atoms with Crippen LogP contribution < -0.4 is 5.32 Å². The normalized spacial score (nSPS) is 21.4. The molecule has 0 spiro atoms. The molecule has 14 heavy (non-hydrogen) atoms. The molecule has 0 amide bonds. The Labute approximate surface area is 88.4 Å². The van der Waals surface area contributed by atoms with E-state index >= 15 is 0 Å². The van der Waals surface area contributed by atoms with E-state index < -0.39 is 0 Å². The molecule has 76 valence electrons. The molecule has 4 heteroatoms. The van der Waals surface area contributed by atoms with Gasteiger partial charge < -0.3 is 10.1 Å². The van der Waals surface area contributed by atoms with Crippen LogP contribution in [0.15, 0.2) is 18.3 Å². The highest BCUT2D eigenvalue weighted by atomic mass is 35.5. The fraction of sp³-hybridized carbons (Fsp3) is 0.500. The predicted octanol–water partition coefficient (Wildman–Crippen LogP) is 1.61. The summed E-state index contributed by atoms with van der Waals surface area (Å²) in [6, 6.07) is 3.73. The van der Waals surface area contributed by atoms with E-state index in [1.807, 2.05) is 6.07 Å². The van der Waals surface area contributed by atoms with Crippen LogP contribution in [0.4, 0.5) is 0 Å². The smallest absolute Gasteiger partial charge is 0.129 e. The zero-order valence-electron chi connectivity index (χ0n) is 7.87. The lowest BCUT2D eigenvalue weighted by Crippen LogP contribution is -2.16. The van der Waals surface area contributed by atoms with Crippen molar-refractivity contribution in [2.45, 2.75) is 19.1 Å². The lowest BCUT2D eigenvalue weighted by molar-refractivity contribution is 0.0541. The summed E-state index contributed by atoms with van der Waals surface area (Å²) in [7, 11) is 0. The number of hydrogen-bond donors (Lipinski definition) is 1. The maximum atomic E-state index is 5.68. The average Bonchev–Trinajstić information content (AvgIpc) is 2.70. The van der Waals surface area contributed by atoms with Gasteiger partial charge in [-0.25, -0.2) is 4.98 Å².